The molecule has 3 aromatic heterocycles. The van der Waals surface area contributed by atoms with E-state index >= 15 is 0 Å². The van der Waals surface area contributed by atoms with Crippen LogP contribution < -0.4 is 10.6 Å². The fourth-order valence-corrected chi connectivity index (χ4v) is 3.69. The number of carbonyl (C=O) groups is 1. The van der Waals surface area contributed by atoms with Crippen molar-refractivity contribution in [1.82, 2.24) is 24.9 Å². The molecule has 1 aliphatic heterocycles. The van der Waals surface area contributed by atoms with Crippen molar-refractivity contribution in [2.24, 2.45) is 7.05 Å². The number of aryl methyl sites for hydroxylation is 2. The Kier molecular flexibility index (Phi) is 4.83. The highest BCUT2D eigenvalue weighted by Crippen LogP contribution is 2.43. The molecule has 3 aromatic rings. The van der Waals surface area contributed by atoms with Crippen molar-refractivity contribution in [2.45, 2.75) is 45.1 Å². The molecule has 0 aromatic carbocycles. The molecule has 2 atom stereocenters. The van der Waals surface area contributed by atoms with Crippen LogP contribution in [-0.4, -0.2) is 31.6 Å². The summed E-state index contributed by atoms with van der Waals surface area (Å²) in [5.41, 5.74) is 2.45. The first-order chi connectivity index (χ1) is 14.1. The second-order valence-corrected chi connectivity index (χ2v) is 7.32. The van der Waals surface area contributed by atoms with Crippen molar-refractivity contribution in [3.63, 3.8) is 0 Å². The molecular formula is C19H21F3N6O2. The second kappa shape index (κ2) is 7.22. The van der Waals surface area contributed by atoms with E-state index in [-0.39, 0.29) is 24.5 Å². The summed E-state index contributed by atoms with van der Waals surface area (Å²) in [6.45, 7) is 3.91. The zero-order chi connectivity index (χ0) is 21.6. The van der Waals surface area contributed by atoms with E-state index in [2.05, 4.69) is 20.8 Å². The number of anilines is 1. The summed E-state index contributed by atoms with van der Waals surface area (Å²) in [7, 11) is 1.80. The van der Waals surface area contributed by atoms with Gasteiger partial charge in [-0.1, -0.05) is 0 Å². The van der Waals surface area contributed by atoms with E-state index in [0.717, 1.165) is 21.6 Å². The van der Waals surface area contributed by atoms with Crippen LogP contribution in [0.2, 0.25) is 0 Å². The number of furan rings is 1. The van der Waals surface area contributed by atoms with Gasteiger partial charge in [-0.25, -0.2) is 4.68 Å². The van der Waals surface area contributed by atoms with Gasteiger partial charge >= 0.3 is 6.18 Å². The van der Waals surface area contributed by atoms with Crippen molar-refractivity contribution in [2.75, 3.05) is 5.32 Å². The molecule has 0 radical (unpaired) electrons. The lowest BCUT2D eigenvalue weighted by Gasteiger charge is -2.32. The molecule has 30 heavy (non-hydrogen) atoms. The lowest BCUT2D eigenvalue weighted by atomic mass is 10.0. The Labute approximate surface area is 170 Å². The van der Waals surface area contributed by atoms with Gasteiger partial charge in [0.05, 0.1) is 18.0 Å². The second-order valence-electron chi connectivity index (χ2n) is 7.32. The molecule has 0 saturated carbocycles. The summed E-state index contributed by atoms with van der Waals surface area (Å²) in [4.78, 5) is 12.6. The highest BCUT2D eigenvalue weighted by Gasteiger charge is 2.47. The quantitative estimate of drug-likeness (QED) is 0.673. The third-order valence-corrected chi connectivity index (χ3v) is 5.39. The molecule has 11 heteroatoms. The molecule has 2 N–H and O–H groups in total. The molecule has 0 unspecified atom stereocenters. The fraction of sp³-hybridized carbons (Fsp3) is 0.421. The van der Waals surface area contributed by atoms with Crippen LogP contribution in [0.4, 0.5) is 19.0 Å². The summed E-state index contributed by atoms with van der Waals surface area (Å²) in [6.07, 6.45) is -3.40. The zero-order valence-electron chi connectivity index (χ0n) is 16.6. The number of hydrogen-bond acceptors (Lipinski definition) is 5. The molecular weight excluding hydrogens is 401 g/mol. The molecule has 1 amide bonds. The average Bonchev–Trinajstić information content (AvgIpc) is 3.39. The van der Waals surface area contributed by atoms with Gasteiger partial charge in [0.25, 0.3) is 5.91 Å². The molecule has 0 bridgehead atoms. The van der Waals surface area contributed by atoms with Crippen molar-refractivity contribution < 1.29 is 22.4 Å². The molecule has 8 nitrogen and oxygen atoms in total. The summed E-state index contributed by atoms with van der Waals surface area (Å²) in [5, 5.41) is 13.9. The molecule has 4 rings (SSSR count). The van der Waals surface area contributed by atoms with E-state index in [1.54, 1.807) is 23.9 Å². The van der Waals surface area contributed by atoms with Gasteiger partial charge in [0, 0.05) is 37.3 Å². The minimum Gasteiger partial charge on any atom is -0.467 e. The normalized spacial score (nSPS) is 18.7. The van der Waals surface area contributed by atoms with Crippen LogP contribution >= 0.6 is 0 Å². The molecule has 0 fully saturated rings. The lowest BCUT2D eigenvalue weighted by molar-refractivity contribution is -0.174. The third-order valence-electron chi connectivity index (χ3n) is 5.39. The van der Waals surface area contributed by atoms with E-state index in [1.165, 1.54) is 12.3 Å². The Hall–Kier alpha value is -3.24. The number of alkyl halides is 3. The number of halogens is 3. The number of rotatable bonds is 4. The summed E-state index contributed by atoms with van der Waals surface area (Å²) >= 11 is 0. The van der Waals surface area contributed by atoms with Crippen LogP contribution in [-0.2, 0) is 13.6 Å². The predicted octanol–water partition coefficient (Wildman–Crippen LogP) is 3.42. The molecule has 160 valence electrons. The van der Waals surface area contributed by atoms with Crippen LogP contribution in [0.3, 0.4) is 0 Å². The van der Waals surface area contributed by atoms with Gasteiger partial charge in [0.1, 0.15) is 11.6 Å². The molecule has 0 saturated heterocycles. The van der Waals surface area contributed by atoms with Crippen molar-refractivity contribution in [3.8, 4) is 0 Å². The summed E-state index contributed by atoms with van der Waals surface area (Å²) < 4.78 is 48.8. The standard InChI is InChI=1S/C19H21F3N6O2/c1-10-12(11(2)27(3)25-10)9-23-18(29)14-8-17-24-13(15-5-4-6-30-15)7-16(19(20,21)22)28(17)26-14/h4-6,8,13,16,24H,7,9H2,1-3H3,(H,23,29)/t13-,16-/m1/s1. The Morgan fingerprint density at radius 2 is 2.13 bits per heavy atom. The zero-order valence-corrected chi connectivity index (χ0v) is 16.6. The van der Waals surface area contributed by atoms with E-state index in [0.29, 0.717) is 5.76 Å². The van der Waals surface area contributed by atoms with Gasteiger partial charge < -0.3 is 15.1 Å². The lowest BCUT2D eigenvalue weighted by Crippen LogP contribution is -2.35. The first-order valence-corrected chi connectivity index (χ1v) is 9.38. The predicted molar refractivity (Wildman–Crippen MR) is 101 cm³/mol. The number of fused-ring (bicyclic) bond motifs is 1. The van der Waals surface area contributed by atoms with Crippen LogP contribution in [0.15, 0.2) is 28.9 Å². The van der Waals surface area contributed by atoms with Gasteiger partial charge in [0.15, 0.2) is 11.7 Å². The smallest absolute Gasteiger partial charge is 0.410 e. The van der Waals surface area contributed by atoms with Crippen molar-refractivity contribution >= 4 is 11.7 Å². The van der Waals surface area contributed by atoms with Crippen LogP contribution in [0.1, 0.15) is 51.7 Å². The first-order valence-electron chi connectivity index (χ1n) is 9.38. The van der Waals surface area contributed by atoms with E-state index in [4.69, 9.17) is 4.42 Å². The van der Waals surface area contributed by atoms with Crippen molar-refractivity contribution in [1.29, 1.82) is 0 Å². The molecule has 4 heterocycles. The number of amides is 1. The third kappa shape index (κ3) is 3.55. The molecule has 1 aliphatic rings. The number of nitrogens with one attached hydrogen (secondary N) is 2. The van der Waals surface area contributed by atoms with Gasteiger partial charge in [0.2, 0.25) is 0 Å². The average molecular weight is 422 g/mol. The topological polar surface area (TPSA) is 89.9 Å². The Bertz CT molecular complexity index is 1070. The van der Waals surface area contributed by atoms with E-state index in [1.807, 2.05) is 13.8 Å². The summed E-state index contributed by atoms with van der Waals surface area (Å²) in [6, 6.07) is 2.02. The van der Waals surface area contributed by atoms with Gasteiger partial charge in [-0.05, 0) is 26.0 Å². The maximum Gasteiger partial charge on any atom is 0.410 e. The summed E-state index contributed by atoms with van der Waals surface area (Å²) in [5.74, 6) is -0.0501. The Balaban J connectivity index is 1.57. The SMILES string of the molecule is Cc1nn(C)c(C)c1CNC(=O)c1cc2n(n1)[C@@H](C(F)(F)F)C[C@H](c1ccco1)N2. The Morgan fingerprint density at radius 3 is 2.73 bits per heavy atom. The number of hydrogen-bond donors (Lipinski definition) is 2. The first kappa shape index (κ1) is 20.0. The van der Waals surface area contributed by atoms with Crippen LogP contribution in [0, 0.1) is 13.8 Å². The monoisotopic (exact) mass is 422 g/mol. The number of aromatic nitrogens is 4. The van der Waals surface area contributed by atoms with E-state index in [9.17, 15) is 18.0 Å². The minimum absolute atomic E-state index is 0.0916. The maximum absolute atomic E-state index is 13.7. The van der Waals surface area contributed by atoms with E-state index < -0.39 is 24.2 Å². The van der Waals surface area contributed by atoms with Gasteiger partial charge in [-0.3, -0.25) is 9.48 Å². The van der Waals surface area contributed by atoms with Crippen LogP contribution in [0.25, 0.3) is 0 Å². The number of nitrogens with zero attached hydrogens (tertiary/aromatic N) is 4. The Morgan fingerprint density at radius 1 is 1.37 bits per heavy atom. The number of carbonyl (C=O) groups excluding carboxylic acids is 1. The van der Waals surface area contributed by atoms with Crippen LogP contribution in [0.5, 0.6) is 0 Å². The largest absolute Gasteiger partial charge is 0.467 e. The molecule has 0 aliphatic carbocycles. The highest BCUT2D eigenvalue weighted by atomic mass is 19.4. The van der Waals surface area contributed by atoms with Crippen molar-refractivity contribution in [3.05, 3.63) is 52.9 Å². The van der Waals surface area contributed by atoms with Gasteiger partial charge in [-0.2, -0.15) is 23.4 Å². The minimum atomic E-state index is -4.52. The maximum atomic E-state index is 13.7. The highest BCUT2D eigenvalue weighted by molar-refractivity contribution is 5.93. The molecule has 0 spiro atoms. The van der Waals surface area contributed by atoms with Gasteiger partial charge in [-0.15, -0.1) is 0 Å². The fourth-order valence-electron chi connectivity index (χ4n) is 3.69.